The average molecular weight is 215 g/mol. The molecule has 0 spiro atoms. The van der Waals surface area contributed by atoms with E-state index in [1.165, 1.54) is 5.56 Å². The van der Waals surface area contributed by atoms with Gasteiger partial charge in [-0.15, -0.1) is 12.4 Å². The first kappa shape index (κ1) is 10.8. The Morgan fingerprint density at radius 1 is 1.43 bits per heavy atom. The van der Waals surface area contributed by atoms with Crippen LogP contribution in [0.1, 0.15) is 12.0 Å². The fourth-order valence-corrected chi connectivity index (χ4v) is 1.56. The molecule has 1 heterocycles. The third-order valence-corrected chi connectivity index (χ3v) is 2.24. The van der Waals surface area contributed by atoms with Crippen molar-refractivity contribution in [1.82, 2.24) is 0 Å². The maximum Gasteiger partial charge on any atom is 0.271 e. The molecule has 0 fully saturated rings. The zero-order valence-corrected chi connectivity index (χ0v) is 8.34. The predicted molar refractivity (Wildman–Crippen MR) is 57.2 cm³/mol. The summed E-state index contributed by atoms with van der Waals surface area (Å²) in [6, 6.07) is 5.00. The molecule has 0 unspecified atom stereocenters. The second-order valence-corrected chi connectivity index (χ2v) is 3.13. The number of aryl methyl sites for hydroxylation is 1. The van der Waals surface area contributed by atoms with E-state index in [9.17, 15) is 10.1 Å². The third kappa shape index (κ3) is 1.96. The van der Waals surface area contributed by atoms with Gasteiger partial charge in [0.2, 0.25) is 0 Å². The summed E-state index contributed by atoms with van der Waals surface area (Å²) in [7, 11) is 0. The number of anilines is 1. The molecule has 5 heteroatoms. The van der Waals surface area contributed by atoms with Gasteiger partial charge < -0.3 is 5.32 Å². The van der Waals surface area contributed by atoms with E-state index in [2.05, 4.69) is 5.32 Å². The minimum Gasteiger partial charge on any atom is -0.385 e. The van der Waals surface area contributed by atoms with Crippen molar-refractivity contribution in [2.24, 2.45) is 0 Å². The molecule has 14 heavy (non-hydrogen) atoms. The highest BCUT2D eigenvalue weighted by molar-refractivity contribution is 5.85. The molecule has 0 saturated carbocycles. The predicted octanol–water partition coefficient (Wildman–Crippen LogP) is 2.37. The number of hydrogen-bond donors (Lipinski definition) is 1. The van der Waals surface area contributed by atoms with Crippen LogP contribution in [0.15, 0.2) is 18.2 Å². The monoisotopic (exact) mass is 214 g/mol. The Morgan fingerprint density at radius 2 is 2.21 bits per heavy atom. The van der Waals surface area contributed by atoms with Gasteiger partial charge in [-0.3, -0.25) is 10.1 Å². The van der Waals surface area contributed by atoms with E-state index < -0.39 is 0 Å². The highest BCUT2D eigenvalue weighted by Crippen LogP contribution is 2.26. The van der Waals surface area contributed by atoms with E-state index in [-0.39, 0.29) is 23.0 Å². The fraction of sp³-hybridized carbons (Fsp3) is 0.333. The maximum atomic E-state index is 10.5. The summed E-state index contributed by atoms with van der Waals surface area (Å²) in [5.41, 5.74) is 2.26. The molecular formula is C9H11ClN2O2. The van der Waals surface area contributed by atoms with Gasteiger partial charge in [0.1, 0.15) is 0 Å². The standard InChI is InChI=1S/C9H10N2O2.ClH/c12-11(13)8-4-3-7-2-1-5-10-9(7)6-8;/h3-4,6,10H,1-2,5H2;1H. The summed E-state index contributed by atoms with van der Waals surface area (Å²) >= 11 is 0. The van der Waals surface area contributed by atoms with Crippen LogP contribution in [0, 0.1) is 10.1 Å². The van der Waals surface area contributed by atoms with Crippen LogP contribution in [0.3, 0.4) is 0 Å². The Labute approximate surface area is 87.9 Å². The Hall–Kier alpha value is -1.29. The van der Waals surface area contributed by atoms with Crippen molar-refractivity contribution in [3.05, 3.63) is 33.9 Å². The lowest BCUT2D eigenvalue weighted by atomic mass is 10.0. The molecule has 0 atom stereocenters. The van der Waals surface area contributed by atoms with Gasteiger partial charge >= 0.3 is 0 Å². The minimum absolute atomic E-state index is 0. The van der Waals surface area contributed by atoms with Crippen LogP contribution in [0.5, 0.6) is 0 Å². The Morgan fingerprint density at radius 3 is 2.93 bits per heavy atom. The molecule has 0 amide bonds. The summed E-state index contributed by atoms with van der Waals surface area (Å²) < 4.78 is 0. The number of nitro benzene ring substituents is 1. The van der Waals surface area contributed by atoms with Crippen molar-refractivity contribution in [2.45, 2.75) is 12.8 Å². The molecule has 2 rings (SSSR count). The molecule has 0 aromatic heterocycles. The van der Waals surface area contributed by atoms with E-state index in [1.54, 1.807) is 12.1 Å². The lowest BCUT2D eigenvalue weighted by Crippen LogP contribution is -2.11. The first-order chi connectivity index (χ1) is 6.27. The molecule has 76 valence electrons. The summed E-state index contributed by atoms with van der Waals surface area (Å²) in [6.07, 6.45) is 2.12. The van der Waals surface area contributed by atoms with Crippen LogP contribution in [-0.4, -0.2) is 11.5 Å². The van der Waals surface area contributed by atoms with Gasteiger partial charge in [-0.05, 0) is 18.4 Å². The first-order valence-electron chi connectivity index (χ1n) is 4.28. The molecule has 0 radical (unpaired) electrons. The van der Waals surface area contributed by atoms with E-state index >= 15 is 0 Å². The number of nitrogens with zero attached hydrogens (tertiary/aromatic N) is 1. The van der Waals surface area contributed by atoms with Crippen LogP contribution < -0.4 is 5.32 Å². The molecule has 1 N–H and O–H groups in total. The van der Waals surface area contributed by atoms with Crippen molar-refractivity contribution in [3.63, 3.8) is 0 Å². The minimum atomic E-state index is -0.365. The third-order valence-electron chi connectivity index (χ3n) is 2.24. The summed E-state index contributed by atoms with van der Waals surface area (Å²) in [5, 5.41) is 13.6. The lowest BCUT2D eigenvalue weighted by Gasteiger charge is -2.16. The quantitative estimate of drug-likeness (QED) is 0.577. The highest BCUT2D eigenvalue weighted by Gasteiger charge is 2.12. The van der Waals surface area contributed by atoms with Crippen LogP contribution >= 0.6 is 12.4 Å². The van der Waals surface area contributed by atoms with Gasteiger partial charge in [-0.2, -0.15) is 0 Å². The molecule has 1 aromatic carbocycles. The van der Waals surface area contributed by atoms with Gasteiger partial charge in [0, 0.05) is 24.4 Å². The van der Waals surface area contributed by atoms with Crippen LogP contribution in [0.25, 0.3) is 0 Å². The number of non-ortho nitro benzene ring substituents is 1. The van der Waals surface area contributed by atoms with Crippen LogP contribution in [0.2, 0.25) is 0 Å². The van der Waals surface area contributed by atoms with E-state index in [0.717, 1.165) is 25.1 Å². The van der Waals surface area contributed by atoms with E-state index in [4.69, 9.17) is 0 Å². The number of fused-ring (bicyclic) bond motifs is 1. The number of nitro groups is 1. The molecular weight excluding hydrogens is 204 g/mol. The zero-order chi connectivity index (χ0) is 9.26. The zero-order valence-electron chi connectivity index (χ0n) is 7.53. The number of benzene rings is 1. The highest BCUT2D eigenvalue weighted by atomic mass is 35.5. The van der Waals surface area contributed by atoms with Crippen molar-refractivity contribution >= 4 is 23.8 Å². The van der Waals surface area contributed by atoms with Crippen molar-refractivity contribution in [1.29, 1.82) is 0 Å². The second kappa shape index (κ2) is 4.28. The largest absolute Gasteiger partial charge is 0.385 e. The van der Waals surface area contributed by atoms with E-state index in [1.807, 2.05) is 6.07 Å². The Kier molecular flexibility index (Phi) is 3.30. The topological polar surface area (TPSA) is 55.2 Å². The summed E-state index contributed by atoms with van der Waals surface area (Å²) in [4.78, 5) is 10.1. The fourth-order valence-electron chi connectivity index (χ4n) is 1.56. The van der Waals surface area contributed by atoms with Crippen molar-refractivity contribution in [3.8, 4) is 0 Å². The number of rotatable bonds is 1. The summed E-state index contributed by atoms with van der Waals surface area (Å²) in [5.74, 6) is 0. The maximum absolute atomic E-state index is 10.5. The first-order valence-corrected chi connectivity index (χ1v) is 4.28. The van der Waals surface area contributed by atoms with Crippen molar-refractivity contribution < 1.29 is 4.92 Å². The van der Waals surface area contributed by atoms with Gasteiger partial charge in [0.05, 0.1) is 4.92 Å². The lowest BCUT2D eigenvalue weighted by molar-refractivity contribution is -0.384. The molecule has 0 bridgehead atoms. The SMILES string of the molecule is Cl.O=[N+]([O-])c1ccc2c(c1)NCCC2. The molecule has 0 saturated heterocycles. The molecule has 0 aliphatic carbocycles. The molecule has 1 aromatic rings. The summed E-state index contributed by atoms with van der Waals surface area (Å²) in [6.45, 7) is 0.911. The van der Waals surface area contributed by atoms with Gasteiger partial charge in [0.15, 0.2) is 0 Å². The van der Waals surface area contributed by atoms with Gasteiger partial charge in [-0.1, -0.05) is 6.07 Å². The molecule has 1 aliphatic heterocycles. The van der Waals surface area contributed by atoms with Crippen LogP contribution in [0.4, 0.5) is 11.4 Å². The Bertz CT molecular complexity index is 355. The number of nitrogens with one attached hydrogen (secondary N) is 1. The second-order valence-electron chi connectivity index (χ2n) is 3.13. The smallest absolute Gasteiger partial charge is 0.271 e. The van der Waals surface area contributed by atoms with Crippen LogP contribution in [-0.2, 0) is 6.42 Å². The van der Waals surface area contributed by atoms with Gasteiger partial charge in [0.25, 0.3) is 5.69 Å². The normalized spacial score (nSPS) is 13.4. The number of halogens is 1. The van der Waals surface area contributed by atoms with E-state index in [0.29, 0.717) is 0 Å². The Balaban J connectivity index is 0.000000980. The number of hydrogen-bond acceptors (Lipinski definition) is 3. The average Bonchev–Trinajstić information content (AvgIpc) is 2.17. The van der Waals surface area contributed by atoms with Gasteiger partial charge in [-0.25, -0.2) is 0 Å². The molecule has 4 nitrogen and oxygen atoms in total. The van der Waals surface area contributed by atoms with Crippen molar-refractivity contribution in [2.75, 3.05) is 11.9 Å². The molecule has 1 aliphatic rings.